The highest BCUT2D eigenvalue weighted by molar-refractivity contribution is 5.98. The number of rotatable bonds is 7. The molecule has 1 amide bonds. The van der Waals surface area contributed by atoms with Gasteiger partial charge in [-0.25, -0.2) is 14.4 Å². The van der Waals surface area contributed by atoms with Crippen molar-refractivity contribution in [3.63, 3.8) is 0 Å². The minimum atomic E-state index is -0.630. The summed E-state index contributed by atoms with van der Waals surface area (Å²) in [5.41, 5.74) is 2.26. The maximum atomic E-state index is 14.5. The molecule has 0 spiro atoms. The number of hydrogen-bond acceptors (Lipinski definition) is 7. The lowest BCUT2D eigenvalue weighted by atomic mass is 10.0. The van der Waals surface area contributed by atoms with Crippen molar-refractivity contribution in [2.45, 2.75) is 6.04 Å². The Morgan fingerprint density at radius 1 is 1.06 bits per heavy atom. The summed E-state index contributed by atoms with van der Waals surface area (Å²) < 4.78 is 22.8. The Labute approximate surface area is 205 Å². The summed E-state index contributed by atoms with van der Waals surface area (Å²) in [5.74, 6) is 0.371. The van der Waals surface area contributed by atoms with Crippen LogP contribution in [-0.4, -0.2) is 42.5 Å². The normalized spacial score (nSPS) is 11.9. The minimum Gasteiger partial charge on any atom is -0.494 e. The summed E-state index contributed by atoms with van der Waals surface area (Å²) in [7, 11) is 4.98. The predicted octanol–water partition coefficient (Wildman–Crippen LogP) is 3.51. The van der Waals surface area contributed by atoms with Crippen LogP contribution in [0, 0.1) is 5.82 Å². The standard InChI is InChI=1S/C25H23FN8O2/c1-33-14-18(13-29-33)23(15-6-7-21(36-3)19(26)10-15)32-24(35)16-4-5-17-12-27-25(30-20(17)11-16)31-22-8-9-28-34(22)2/h4-14,23H,1-3H3,(H,32,35)(H,27,30,31)/t23-/m0/s1. The van der Waals surface area contributed by atoms with Crippen molar-refractivity contribution in [3.05, 3.63) is 89.8 Å². The van der Waals surface area contributed by atoms with Gasteiger partial charge in [-0.2, -0.15) is 10.2 Å². The van der Waals surface area contributed by atoms with Gasteiger partial charge in [0, 0.05) is 49.1 Å². The molecule has 2 aromatic carbocycles. The van der Waals surface area contributed by atoms with Crippen LogP contribution in [0.5, 0.6) is 5.75 Å². The zero-order valence-corrected chi connectivity index (χ0v) is 19.8. The smallest absolute Gasteiger partial charge is 0.252 e. The molecule has 0 unspecified atom stereocenters. The van der Waals surface area contributed by atoms with Gasteiger partial charge in [-0.15, -0.1) is 0 Å². The summed E-state index contributed by atoms with van der Waals surface area (Å²) >= 11 is 0. The van der Waals surface area contributed by atoms with E-state index in [4.69, 9.17) is 4.74 Å². The molecule has 5 rings (SSSR count). The van der Waals surface area contributed by atoms with E-state index in [1.807, 2.05) is 0 Å². The molecule has 11 heteroatoms. The molecule has 3 heterocycles. The van der Waals surface area contributed by atoms with Crippen molar-refractivity contribution in [2.75, 3.05) is 12.4 Å². The molecule has 0 saturated heterocycles. The van der Waals surface area contributed by atoms with Crippen molar-refractivity contribution in [3.8, 4) is 5.75 Å². The second-order valence-electron chi connectivity index (χ2n) is 8.18. The Kier molecular flexibility index (Phi) is 6.03. The number of aromatic nitrogens is 6. The molecule has 182 valence electrons. The fourth-order valence-corrected chi connectivity index (χ4v) is 3.86. The van der Waals surface area contributed by atoms with Crippen molar-refractivity contribution >= 4 is 28.6 Å². The molecule has 0 aliphatic heterocycles. The minimum absolute atomic E-state index is 0.125. The van der Waals surface area contributed by atoms with Gasteiger partial charge in [0.05, 0.1) is 31.1 Å². The van der Waals surface area contributed by atoms with Crippen molar-refractivity contribution in [2.24, 2.45) is 14.1 Å². The molecular weight excluding hydrogens is 463 g/mol. The van der Waals surface area contributed by atoms with Gasteiger partial charge in [0.15, 0.2) is 11.6 Å². The lowest BCUT2D eigenvalue weighted by Gasteiger charge is -2.19. The number of hydrogen-bond donors (Lipinski definition) is 2. The summed E-state index contributed by atoms with van der Waals surface area (Å²) in [4.78, 5) is 22.2. The molecule has 0 radical (unpaired) electrons. The zero-order valence-electron chi connectivity index (χ0n) is 19.8. The topological polar surface area (TPSA) is 112 Å². The molecule has 0 fully saturated rings. The summed E-state index contributed by atoms with van der Waals surface area (Å²) in [6.45, 7) is 0. The zero-order chi connectivity index (χ0) is 25.2. The molecule has 0 aliphatic rings. The highest BCUT2D eigenvalue weighted by Gasteiger charge is 2.21. The van der Waals surface area contributed by atoms with Crippen LogP contribution in [0.1, 0.15) is 27.5 Å². The van der Waals surface area contributed by atoms with Crippen molar-refractivity contribution in [1.82, 2.24) is 34.8 Å². The highest BCUT2D eigenvalue weighted by atomic mass is 19.1. The average Bonchev–Trinajstić information content (AvgIpc) is 3.49. The number of carbonyl (C=O) groups is 1. The third kappa shape index (κ3) is 4.58. The number of halogens is 1. The first-order chi connectivity index (χ1) is 17.4. The van der Waals surface area contributed by atoms with Crippen LogP contribution in [0.4, 0.5) is 16.2 Å². The second kappa shape index (κ2) is 9.45. The Morgan fingerprint density at radius 3 is 2.61 bits per heavy atom. The van der Waals surface area contributed by atoms with Gasteiger partial charge in [0.1, 0.15) is 5.82 Å². The Hall–Kier alpha value is -4.80. The second-order valence-corrected chi connectivity index (χ2v) is 8.18. The first-order valence-corrected chi connectivity index (χ1v) is 11.1. The number of aryl methyl sites for hydroxylation is 2. The number of nitrogens with one attached hydrogen (secondary N) is 2. The fraction of sp³-hybridized carbons (Fsp3) is 0.160. The first-order valence-electron chi connectivity index (χ1n) is 11.1. The van der Waals surface area contributed by atoms with Crippen LogP contribution in [-0.2, 0) is 14.1 Å². The van der Waals surface area contributed by atoms with Gasteiger partial charge in [-0.1, -0.05) is 12.1 Å². The molecule has 10 nitrogen and oxygen atoms in total. The van der Waals surface area contributed by atoms with Crippen LogP contribution in [0.15, 0.2) is 67.3 Å². The number of benzene rings is 2. The molecule has 0 bridgehead atoms. The predicted molar refractivity (Wildman–Crippen MR) is 131 cm³/mol. The Morgan fingerprint density at radius 2 is 1.92 bits per heavy atom. The largest absolute Gasteiger partial charge is 0.494 e. The number of carbonyl (C=O) groups excluding carboxylic acids is 1. The number of ether oxygens (including phenoxy) is 1. The van der Waals surface area contributed by atoms with E-state index in [0.29, 0.717) is 28.2 Å². The quantitative estimate of drug-likeness (QED) is 0.362. The molecule has 2 N–H and O–H groups in total. The van der Waals surface area contributed by atoms with Crippen LogP contribution in [0.3, 0.4) is 0 Å². The fourth-order valence-electron chi connectivity index (χ4n) is 3.86. The van der Waals surface area contributed by atoms with Crippen LogP contribution in [0.25, 0.3) is 10.9 Å². The Balaban J connectivity index is 1.44. The summed E-state index contributed by atoms with van der Waals surface area (Å²) in [5, 5.41) is 15.2. The molecule has 1 atom stereocenters. The van der Waals surface area contributed by atoms with E-state index in [1.54, 1.807) is 78.6 Å². The van der Waals surface area contributed by atoms with Gasteiger partial charge in [0.2, 0.25) is 5.95 Å². The number of methoxy groups -OCH3 is 1. The van der Waals surface area contributed by atoms with E-state index in [-0.39, 0.29) is 11.7 Å². The van der Waals surface area contributed by atoms with Gasteiger partial charge in [-0.05, 0) is 29.8 Å². The number of nitrogens with zero attached hydrogens (tertiary/aromatic N) is 6. The molecule has 5 aromatic rings. The SMILES string of the molecule is COc1ccc([C@H](NC(=O)c2ccc3cnc(Nc4ccnn4C)nc3c2)c2cnn(C)c2)cc1F. The highest BCUT2D eigenvalue weighted by Crippen LogP contribution is 2.27. The van der Waals surface area contributed by atoms with E-state index in [9.17, 15) is 9.18 Å². The monoisotopic (exact) mass is 486 g/mol. The van der Waals surface area contributed by atoms with Gasteiger partial charge in [0.25, 0.3) is 5.91 Å². The van der Waals surface area contributed by atoms with Gasteiger partial charge >= 0.3 is 0 Å². The van der Waals surface area contributed by atoms with Crippen LogP contribution < -0.4 is 15.4 Å². The average molecular weight is 487 g/mol. The molecule has 0 saturated carbocycles. The van der Waals surface area contributed by atoms with E-state index in [0.717, 1.165) is 11.2 Å². The molecule has 3 aromatic heterocycles. The van der Waals surface area contributed by atoms with Crippen molar-refractivity contribution < 1.29 is 13.9 Å². The number of amides is 1. The molecule has 0 aliphatic carbocycles. The number of fused-ring (bicyclic) bond motifs is 1. The third-order valence-corrected chi connectivity index (χ3v) is 5.75. The molecule has 36 heavy (non-hydrogen) atoms. The van der Waals surface area contributed by atoms with E-state index in [2.05, 4.69) is 30.8 Å². The van der Waals surface area contributed by atoms with Gasteiger partial charge in [-0.3, -0.25) is 14.2 Å². The first kappa shape index (κ1) is 23.0. The maximum absolute atomic E-state index is 14.5. The van der Waals surface area contributed by atoms with E-state index < -0.39 is 11.9 Å². The van der Waals surface area contributed by atoms with Gasteiger partial charge < -0.3 is 15.4 Å². The summed E-state index contributed by atoms with van der Waals surface area (Å²) in [6, 6.07) is 10.9. The lowest BCUT2D eigenvalue weighted by Crippen LogP contribution is -2.29. The van der Waals surface area contributed by atoms with Crippen LogP contribution in [0.2, 0.25) is 0 Å². The summed E-state index contributed by atoms with van der Waals surface area (Å²) in [6.07, 6.45) is 6.76. The van der Waals surface area contributed by atoms with E-state index >= 15 is 0 Å². The van der Waals surface area contributed by atoms with Crippen molar-refractivity contribution in [1.29, 1.82) is 0 Å². The Bertz CT molecular complexity index is 1560. The number of anilines is 2. The maximum Gasteiger partial charge on any atom is 0.252 e. The van der Waals surface area contributed by atoms with Crippen LogP contribution >= 0.6 is 0 Å². The molecular formula is C25H23FN8O2. The lowest BCUT2D eigenvalue weighted by molar-refractivity contribution is 0.0943. The van der Waals surface area contributed by atoms with E-state index in [1.165, 1.54) is 19.2 Å². The third-order valence-electron chi connectivity index (χ3n) is 5.75.